The molecule has 1 heterocycles. The summed E-state index contributed by atoms with van der Waals surface area (Å²) in [6, 6.07) is 0. The molecule has 0 aliphatic heterocycles. The minimum Gasteiger partial charge on any atom is -0.356 e. The Bertz CT molecular complexity index is 522. The Morgan fingerprint density at radius 2 is 2.00 bits per heavy atom. The van der Waals surface area contributed by atoms with Crippen LogP contribution in [0.1, 0.15) is 49.2 Å². The number of rotatable bonds is 7. The maximum absolute atomic E-state index is 12.5. The lowest BCUT2D eigenvalue weighted by molar-refractivity contribution is -0.140. The molecule has 0 bridgehead atoms. The van der Waals surface area contributed by atoms with Gasteiger partial charge < -0.3 is 10.6 Å². The lowest BCUT2D eigenvalue weighted by atomic mass is 10.0. The van der Waals surface area contributed by atoms with Crippen LogP contribution in [0.4, 0.5) is 13.2 Å². The van der Waals surface area contributed by atoms with Gasteiger partial charge in [0.2, 0.25) is 0 Å². The zero-order chi connectivity index (χ0) is 17.4. The summed E-state index contributed by atoms with van der Waals surface area (Å²) in [6.45, 7) is 1.37. The molecule has 0 atom stereocenters. The average Bonchev–Trinajstić information content (AvgIpc) is 3.20. The first-order valence-corrected chi connectivity index (χ1v) is 9.33. The first-order valence-electron chi connectivity index (χ1n) is 8.45. The van der Waals surface area contributed by atoms with Crippen molar-refractivity contribution in [1.82, 2.24) is 15.6 Å². The van der Waals surface area contributed by atoms with Gasteiger partial charge in [0, 0.05) is 31.9 Å². The van der Waals surface area contributed by atoms with E-state index in [9.17, 15) is 13.2 Å². The molecule has 1 aromatic rings. The van der Waals surface area contributed by atoms with Crippen molar-refractivity contribution < 1.29 is 13.2 Å². The number of hydrogen-bond donors (Lipinski definition) is 2. The number of guanidine groups is 1. The third kappa shape index (κ3) is 6.30. The highest BCUT2D eigenvalue weighted by atomic mass is 32.1. The lowest BCUT2D eigenvalue weighted by Gasteiger charge is -2.13. The molecule has 0 radical (unpaired) electrons. The second-order valence-corrected chi connectivity index (χ2v) is 7.04. The summed E-state index contributed by atoms with van der Waals surface area (Å²) in [5, 5.41) is 7.91. The van der Waals surface area contributed by atoms with Gasteiger partial charge in [0.05, 0.1) is 5.01 Å². The summed E-state index contributed by atoms with van der Waals surface area (Å²) in [6.07, 6.45) is 3.92. The van der Waals surface area contributed by atoms with E-state index < -0.39 is 11.9 Å². The van der Waals surface area contributed by atoms with Crippen LogP contribution in [0.5, 0.6) is 0 Å². The highest BCUT2D eigenvalue weighted by Crippen LogP contribution is 2.30. The predicted octanol–water partition coefficient (Wildman–Crippen LogP) is 3.84. The molecule has 0 saturated heterocycles. The average molecular weight is 362 g/mol. The molecule has 24 heavy (non-hydrogen) atoms. The van der Waals surface area contributed by atoms with Gasteiger partial charge in [-0.15, -0.1) is 11.3 Å². The number of nitrogens with zero attached hydrogens (tertiary/aromatic N) is 2. The van der Waals surface area contributed by atoms with Gasteiger partial charge in [0.25, 0.3) is 0 Å². The van der Waals surface area contributed by atoms with Crippen LogP contribution >= 0.6 is 11.3 Å². The quantitative estimate of drug-likeness (QED) is 0.440. The van der Waals surface area contributed by atoms with Crippen molar-refractivity contribution in [2.45, 2.75) is 51.1 Å². The molecule has 2 N–H and O–H groups in total. The molecule has 1 aliphatic rings. The van der Waals surface area contributed by atoms with Gasteiger partial charge in [-0.2, -0.15) is 13.2 Å². The second kappa shape index (κ2) is 9.25. The number of aliphatic imine (C=N–C) groups is 1. The maximum atomic E-state index is 12.5. The van der Waals surface area contributed by atoms with Crippen molar-refractivity contribution in [3.05, 3.63) is 16.1 Å². The van der Waals surface area contributed by atoms with E-state index in [2.05, 4.69) is 20.6 Å². The van der Waals surface area contributed by atoms with Crippen LogP contribution in [0.15, 0.2) is 10.4 Å². The number of halogens is 3. The van der Waals surface area contributed by atoms with E-state index >= 15 is 0 Å². The SMILES string of the molecule is CN=C(NCCCC1CCCC1)NCCc1nc(C(F)(F)F)cs1. The van der Waals surface area contributed by atoms with E-state index in [1.807, 2.05) is 0 Å². The van der Waals surface area contributed by atoms with Gasteiger partial charge in [-0.1, -0.05) is 25.7 Å². The summed E-state index contributed by atoms with van der Waals surface area (Å²) in [7, 11) is 1.69. The van der Waals surface area contributed by atoms with E-state index in [4.69, 9.17) is 0 Å². The van der Waals surface area contributed by atoms with E-state index in [-0.39, 0.29) is 0 Å². The van der Waals surface area contributed by atoms with E-state index in [0.29, 0.717) is 23.9 Å². The Morgan fingerprint density at radius 3 is 2.62 bits per heavy atom. The van der Waals surface area contributed by atoms with Gasteiger partial charge in [-0.05, 0) is 18.8 Å². The number of hydrogen-bond acceptors (Lipinski definition) is 3. The topological polar surface area (TPSA) is 49.3 Å². The Kier molecular flexibility index (Phi) is 7.33. The molecule has 0 aromatic carbocycles. The van der Waals surface area contributed by atoms with Crippen molar-refractivity contribution in [1.29, 1.82) is 0 Å². The molecular weight excluding hydrogens is 337 g/mol. The fourth-order valence-electron chi connectivity index (χ4n) is 2.96. The van der Waals surface area contributed by atoms with E-state index in [0.717, 1.165) is 35.6 Å². The molecule has 1 fully saturated rings. The molecule has 0 amide bonds. The van der Waals surface area contributed by atoms with Gasteiger partial charge in [0.15, 0.2) is 11.7 Å². The maximum Gasteiger partial charge on any atom is 0.434 e. The molecule has 1 aliphatic carbocycles. The zero-order valence-corrected chi connectivity index (χ0v) is 14.8. The molecule has 8 heteroatoms. The number of nitrogens with one attached hydrogen (secondary N) is 2. The Balaban J connectivity index is 1.61. The van der Waals surface area contributed by atoms with Crippen LogP contribution < -0.4 is 10.6 Å². The molecule has 0 unspecified atom stereocenters. The molecule has 2 rings (SSSR count). The lowest BCUT2D eigenvalue weighted by Crippen LogP contribution is -2.38. The standard InChI is InChI=1S/C16H25F3N4S/c1-20-15(21-9-4-7-12-5-2-3-6-12)22-10-8-14-23-13(11-24-14)16(17,18)19/h11-12H,2-10H2,1H3,(H2,20,21,22). The summed E-state index contributed by atoms with van der Waals surface area (Å²) in [4.78, 5) is 7.75. The third-order valence-corrected chi connectivity index (χ3v) is 5.16. The van der Waals surface area contributed by atoms with Gasteiger partial charge in [0.1, 0.15) is 0 Å². The highest BCUT2D eigenvalue weighted by molar-refractivity contribution is 7.09. The summed E-state index contributed by atoms with van der Waals surface area (Å²) >= 11 is 1.04. The Labute approximate surface area is 145 Å². The number of thiazole rings is 1. The van der Waals surface area contributed by atoms with Crippen LogP contribution in [0.3, 0.4) is 0 Å². The number of alkyl halides is 3. The van der Waals surface area contributed by atoms with Crippen molar-refractivity contribution in [2.75, 3.05) is 20.1 Å². The van der Waals surface area contributed by atoms with Gasteiger partial charge in [-0.25, -0.2) is 4.98 Å². The molecule has 4 nitrogen and oxygen atoms in total. The van der Waals surface area contributed by atoms with Gasteiger partial charge in [-0.3, -0.25) is 4.99 Å². The summed E-state index contributed by atoms with van der Waals surface area (Å²) < 4.78 is 37.5. The van der Waals surface area contributed by atoms with E-state index in [1.165, 1.54) is 32.1 Å². The first-order chi connectivity index (χ1) is 11.5. The fourth-order valence-corrected chi connectivity index (χ4v) is 3.77. The monoisotopic (exact) mass is 362 g/mol. The van der Waals surface area contributed by atoms with Crippen molar-refractivity contribution in [2.24, 2.45) is 10.9 Å². The number of aromatic nitrogens is 1. The Hall–Kier alpha value is -1.31. The van der Waals surface area contributed by atoms with Crippen LogP contribution in [0, 0.1) is 5.92 Å². The van der Waals surface area contributed by atoms with Gasteiger partial charge >= 0.3 is 6.18 Å². The van der Waals surface area contributed by atoms with Crippen LogP contribution in [-0.4, -0.2) is 31.1 Å². The Morgan fingerprint density at radius 1 is 1.29 bits per heavy atom. The molecule has 0 spiro atoms. The molecule has 1 aromatic heterocycles. The van der Waals surface area contributed by atoms with Crippen molar-refractivity contribution in [3.8, 4) is 0 Å². The largest absolute Gasteiger partial charge is 0.434 e. The highest BCUT2D eigenvalue weighted by Gasteiger charge is 2.33. The minimum absolute atomic E-state index is 0.448. The third-order valence-electron chi connectivity index (χ3n) is 4.25. The minimum atomic E-state index is -4.36. The van der Waals surface area contributed by atoms with Crippen LogP contribution in [0.25, 0.3) is 0 Å². The normalized spacial score (nSPS) is 16.6. The smallest absolute Gasteiger partial charge is 0.356 e. The summed E-state index contributed by atoms with van der Waals surface area (Å²) in [5.74, 6) is 1.57. The second-order valence-electron chi connectivity index (χ2n) is 6.09. The molecule has 1 saturated carbocycles. The van der Waals surface area contributed by atoms with Crippen molar-refractivity contribution >= 4 is 17.3 Å². The predicted molar refractivity (Wildman–Crippen MR) is 91.4 cm³/mol. The summed E-state index contributed by atoms with van der Waals surface area (Å²) in [5.41, 5.74) is -0.808. The van der Waals surface area contributed by atoms with Crippen molar-refractivity contribution in [3.63, 3.8) is 0 Å². The molecule has 136 valence electrons. The van der Waals surface area contributed by atoms with E-state index in [1.54, 1.807) is 7.05 Å². The van der Waals surface area contributed by atoms with Crippen LogP contribution in [-0.2, 0) is 12.6 Å². The van der Waals surface area contributed by atoms with Crippen LogP contribution in [0.2, 0.25) is 0 Å². The zero-order valence-electron chi connectivity index (χ0n) is 14.0. The molecular formula is C16H25F3N4S. The first kappa shape index (κ1) is 19.0. The fraction of sp³-hybridized carbons (Fsp3) is 0.750.